The number of nitrogens with zero attached hydrogens (tertiary/aromatic N) is 1. The lowest BCUT2D eigenvalue weighted by molar-refractivity contribution is 0.355. The molecule has 0 amide bonds. The lowest BCUT2D eigenvalue weighted by Crippen LogP contribution is -2.06. The van der Waals surface area contributed by atoms with Gasteiger partial charge in [-0.1, -0.05) is 30.3 Å². The number of rotatable bonds is 4. The number of piperidine rings is 1. The number of benzene rings is 2. The number of allylic oxidation sites excluding steroid dienone is 1. The molecular formula is C22H23NO2. The summed E-state index contributed by atoms with van der Waals surface area (Å²) in [5, 5.41) is 0. The van der Waals surface area contributed by atoms with Crippen LogP contribution in [0.2, 0.25) is 0 Å². The van der Waals surface area contributed by atoms with E-state index in [9.17, 15) is 0 Å². The maximum absolute atomic E-state index is 5.54. The Morgan fingerprint density at radius 1 is 1.00 bits per heavy atom. The SMILES string of the molecule is COc1ccc(C2=C(C3C4CCCN43)c3ccccc3C2)cc1OC. The average Bonchev–Trinajstić information content (AvgIpc) is 3.03. The van der Waals surface area contributed by atoms with E-state index in [1.807, 2.05) is 6.07 Å². The van der Waals surface area contributed by atoms with Crippen LogP contribution in [0.5, 0.6) is 11.5 Å². The molecule has 2 fully saturated rings. The third kappa shape index (κ3) is 2.22. The molecule has 0 bridgehead atoms. The van der Waals surface area contributed by atoms with Crippen LogP contribution in [-0.2, 0) is 6.42 Å². The molecule has 3 aliphatic rings. The van der Waals surface area contributed by atoms with Crippen LogP contribution in [0, 0.1) is 0 Å². The van der Waals surface area contributed by atoms with E-state index in [1.165, 1.54) is 41.6 Å². The third-order valence-corrected chi connectivity index (χ3v) is 6.00. The van der Waals surface area contributed by atoms with Crippen molar-refractivity contribution < 1.29 is 9.47 Å². The van der Waals surface area contributed by atoms with Crippen molar-refractivity contribution in [1.29, 1.82) is 0 Å². The number of methoxy groups -OCH3 is 2. The van der Waals surface area contributed by atoms with E-state index in [4.69, 9.17) is 9.47 Å². The van der Waals surface area contributed by atoms with Crippen molar-refractivity contribution in [3.63, 3.8) is 0 Å². The zero-order valence-corrected chi connectivity index (χ0v) is 14.8. The van der Waals surface area contributed by atoms with Crippen molar-refractivity contribution in [1.82, 2.24) is 4.90 Å². The molecule has 0 saturated carbocycles. The van der Waals surface area contributed by atoms with Gasteiger partial charge in [0.2, 0.25) is 0 Å². The first-order valence-electron chi connectivity index (χ1n) is 9.11. The Labute approximate surface area is 148 Å². The maximum atomic E-state index is 5.54. The highest BCUT2D eigenvalue weighted by molar-refractivity contribution is 6.00. The van der Waals surface area contributed by atoms with Crippen molar-refractivity contribution in [2.45, 2.75) is 31.3 Å². The smallest absolute Gasteiger partial charge is 0.161 e. The van der Waals surface area contributed by atoms with Crippen LogP contribution in [-0.4, -0.2) is 37.7 Å². The van der Waals surface area contributed by atoms with Gasteiger partial charge in [-0.25, -0.2) is 0 Å². The fourth-order valence-corrected chi connectivity index (χ4v) is 4.81. The molecule has 2 heterocycles. The molecule has 3 unspecified atom stereocenters. The lowest BCUT2D eigenvalue weighted by Gasteiger charge is -2.13. The van der Waals surface area contributed by atoms with Crippen LogP contribution in [0.3, 0.4) is 0 Å². The van der Waals surface area contributed by atoms with Crippen LogP contribution in [0.15, 0.2) is 42.5 Å². The fraction of sp³-hybridized carbons (Fsp3) is 0.364. The monoisotopic (exact) mass is 333 g/mol. The normalized spacial score (nSPS) is 26.4. The molecule has 0 spiro atoms. The summed E-state index contributed by atoms with van der Waals surface area (Å²) in [6.45, 7) is 1.25. The van der Waals surface area contributed by atoms with Crippen LogP contribution in [0.1, 0.15) is 29.5 Å². The minimum Gasteiger partial charge on any atom is -0.493 e. The van der Waals surface area contributed by atoms with Crippen molar-refractivity contribution in [3.8, 4) is 11.5 Å². The fourth-order valence-electron chi connectivity index (χ4n) is 4.81. The Morgan fingerprint density at radius 2 is 1.84 bits per heavy atom. The highest BCUT2D eigenvalue weighted by Crippen LogP contribution is 2.52. The van der Waals surface area contributed by atoms with E-state index >= 15 is 0 Å². The number of fused-ring (bicyclic) bond motifs is 2. The molecule has 2 aromatic carbocycles. The van der Waals surface area contributed by atoms with Gasteiger partial charge in [0.15, 0.2) is 11.5 Å². The van der Waals surface area contributed by atoms with Gasteiger partial charge < -0.3 is 9.47 Å². The second-order valence-corrected chi connectivity index (χ2v) is 7.19. The largest absolute Gasteiger partial charge is 0.493 e. The summed E-state index contributed by atoms with van der Waals surface area (Å²) in [4.78, 5) is 2.66. The summed E-state index contributed by atoms with van der Waals surface area (Å²) in [5.41, 5.74) is 7.17. The van der Waals surface area contributed by atoms with Gasteiger partial charge in [-0.3, -0.25) is 4.90 Å². The van der Waals surface area contributed by atoms with Crippen molar-refractivity contribution in [3.05, 3.63) is 59.2 Å². The molecule has 128 valence electrons. The zero-order chi connectivity index (χ0) is 17.0. The van der Waals surface area contributed by atoms with Gasteiger partial charge in [0, 0.05) is 6.04 Å². The molecule has 0 aromatic heterocycles. The summed E-state index contributed by atoms with van der Waals surface area (Å²) in [7, 11) is 3.39. The minimum atomic E-state index is 0.612. The Balaban J connectivity index is 1.63. The Hall–Kier alpha value is -2.26. The summed E-state index contributed by atoms with van der Waals surface area (Å²) in [6, 6.07) is 16.6. The van der Waals surface area contributed by atoms with E-state index in [1.54, 1.807) is 19.8 Å². The molecular weight excluding hydrogens is 310 g/mol. The van der Waals surface area contributed by atoms with E-state index in [0.717, 1.165) is 24.0 Å². The van der Waals surface area contributed by atoms with Crippen LogP contribution < -0.4 is 9.47 Å². The first kappa shape index (κ1) is 15.0. The van der Waals surface area contributed by atoms with Gasteiger partial charge in [-0.2, -0.15) is 0 Å². The van der Waals surface area contributed by atoms with Gasteiger partial charge >= 0.3 is 0 Å². The first-order chi connectivity index (χ1) is 12.3. The predicted molar refractivity (Wildman–Crippen MR) is 100 cm³/mol. The molecule has 3 heteroatoms. The van der Waals surface area contributed by atoms with Gasteiger partial charge in [0.25, 0.3) is 0 Å². The molecule has 3 atom stereocenters. The second kappa shape index (κ2) is 5.63. The van der Waals surface area contributed by atoms with Crippen LogP contribution in [0.25, 0.3) is 11.1 Å². The van der Waals surface area contributed by atoms with Crippen molar-refractivity contribution >= 4 is 11.1 Å². The molecule has 1 aliphatic carbocycles. The first-order valence-corrected chi connectivity index (χ1v) is 9.11. The quantitative estimate of drug-likeness (QED) is 0.789. The topological polar surface area (TPSA) is 21.5 Å². The van der Waals surface area contributed by atoms with Crippen LogP contribution in [0.4, 0.5) is 0 Å². The van der Waals surface area contributed by atoms with E-state index in [-0.39, 0.29) is 0 Å². The predicted octanol–water partition coefficient (Wildman–Crippen LogP) is 4.02. The summed E-state index contributed by atoms with van der Waals surface area (Å²) < 4.78 is 11.0. The Bertz CT molecular complexity index is 860. The molecule has 2 aliphatic heterocycles. The highest BCUT2D eigenvalue weighted by Gasteiger charge is 2.53. The van der Waals surface area contributed by atoms with E-state index in [0.29, 0.717) is 6.04 Å². The summed E-state index contributed by atoms with van der Waals surface area (Å²) >= 11 is 0. The number of hydrogen-bond donors (Lipinski definition) is 0. The van der Waals surface area contributed by atoms with Gasteiger partial charge in [-0.15, -0.1) is 0 Å². The van der Waals surface area contributed by atoms with E-state index < -0.39 is 0 Å². The number of hydrogen-bond acceptors (Lipinski definition) is 3. The zero-order valence-electron chi connectivity index (χ0n) is 14.8. The molecule has 2 aromatic rings. The van der Waals surface area contributed by atoms with Gasteiger partial charge in [-0.05, 0) is 65.8 Å². The summed E-state index contributed by atoms with van der Waals surface area (Å²) in [6.07, 6.45) is 3.70. The van der Waals surface area contributed by atoms with Gasteiger partial charge in [0.05, 0.1) is 20.3 Å². The second-order valence-electron chi connectivity index (χ2n) is 7.19. The molecule has 2 saturated heterocycles. The minimum absolute atomic E-state index is 0.612. The third-order valence-electron chi connectivity index (χ3n) is 6.00. The van der Waals surface area contributed by atoms with Crippen molar-refractivity contribution in [2.24, 2.45) is 0 Å². The molecule has 0 radical (unpaired) electrons. The average molecular weight is 333 g/mol. The molecule has 5 rings (SSSR count). The summed E-state index contributed by atoms with van der Waals surface area (Å²) in [5.74, 6) is 1.59. The van der Waals surface area contributed by atoms with Crippen LogP contribution >= 0.6 is 0 Å². The number of ether oxygens (including phenoxy) is 2. The molecule has 3 nitrogen and oxygen atoms in total. The standard InChI is InChI=1S/C22H23NO2/c1-24-19-10-9-15(13-20(19)25-2)17-12-14-6-3-4-7-16(14)21(17)22-18-8-5-11-23(18)22/h3-4,6-7,9-10,13,18,22H,5,8,11-12H2,1-2H3. The molecule has 25 heavy (non-hydrogen) atoms. The maximum Gasteiger partial charge on any atom is 0.161 e. The van der Waals surface area contributed by atoms with Crippen molar-refractivity contribution in [2.75, 3.05) is 20.8 Å². The highest BCUT2D eigenvalue weighted by atomic mass is 16.5. The molecule has 0 N–H and O–H groups in total. The Morgan fingerprint density at radius 3 is 2.60 bits per heavy atom. The lowest BCUT2D eigenvalue weighted by atomic mass is 9.95. The van der Waals surface area contributed by atoms with E-state index in [2.05, 4.69) is 41.3 Å². The Kier molecular flexibility index (Phi) is 3.39. The van der Waals surface area contributed by atoms with Gasteiger partial charge in [0.1, 0.15) is 0 Å².